The minimum absolute atomic E-state index is 0.0268. The number of hydrogen-bond acceptors (Lipinski definition) is 4. The van der Waals surface area contributed by atoms with Crippen LogP contribution in [-0.4, -0.2) is 38.6 Å². The predicted molar refractivity (Wildman–Crippen MR) is 103 cm³/mol. The number of nitrogens with one attached hydrogen (secondary N) is 2. The summed E-state index contributed by atoms with van der Waals surface area (Å²) in [6.45, 7) is 0. The van der Waals surface area contributed by atoms with E-state index >= 15 is 0 Å². The maximum Gasteiger partial charge on any atom is 0.269 e. The van der Waals surface area contributed by atoms with Crippen molar-refractivity contribution in [3.63, 3.8) is 0 Å². The van der Waals surface area contributed by atoms with Gasteiger partial charge in [-0.1, -0.05) is 38.2 Å². The van der Waals surface area contributed by atoms with E-state index in [1.165, 1.54) is 70.5 Å². The van der Waals surface area contributed by atoms with Gasteiger partial charge in [0.2, 0.25) is 15.9 Å². The average molecular weight is 396 g/mol. The van der Waals surface area contributed by atoms with Crippen molar-refractivity contribution >= 4 is 21.8 Å². The summed E-state index contributed by atoms with van der Waals surface area (Å²) in [5.41, 5.74) is 4.92. The summed E-state index contributed by atoms with van der Waals surface area (Å²) >= 11 is 0. The maximum atomic E-state index is 12.2. The molecule has 150 valence electrons. The highest BCUT2D eigenvalue weighted by molar-refractivity contribution is 7.89. The molecule has 0 atom stereocenters. The monoisotopic (exact) mass is 395 g/mol. The van der Waals surface area contributed by atoms with Gasteiger partial charge < -0.3 is 0 Å². The topological polar surface area (TPSA) is 95.6 Å². The lowest BCUT2D eigenvalue weighted by molar-refractivity contribution is -0.122. The number of hydrazine groups is 1. The molecule has 0 aromatic heterocycles. The summed E-state index contributed by atoms with van der Waals surface area (Å²) in [5, 5.41) is 0. The Balaban J connectivity index is 1.80. The normalized spacial score (nSPS) is 15.5. The Kier molecular flexibility index (Phi) is 7.79. The van der Waals surface area contributed by atoms with E-state index in [4.69, 9.17) is 0 Å². The third-order valence-electron chi connectivity index (χ3n) is 4.93. The Hall–Kier alpha value is -1.93. The summed E-state index contributed by atoms with van der Waals surface area (Å²) in [4.78, 5) is 24.1. The lowest BCUT2D eigenvalue weighted by Gasteiger charge is -2.21. The van der Waals surface area contributed by atoms with Crippen molar-refractivity contribution in [3.8, 4) is 0 Å². The fourth-order valence-corrected chi connectivity index (χ4v) is 4.24. The van der Waals surface area contributed by atoms with Gasteiger partial charge in [0.05, 0.1) is 4.90 Å². The highest BCUT2D eigenvalue weighted by Gasteiger charge is 2.19. The zero-order chi connectivity index (χ0) is 19.9. The standard InChI is InChI=1S/C19H29N3O4S/c1-22(2)27(25,26)17-12-7-11-16(14-17)19(24)21-20-18(23)13-6-10-15-8-4-3-5-9-15/h7,11-12,14-15H,3-6,8-10,13H2,1-2H3,(H,20,23)(H,21,24). The summed E-state index contributed by atoms with van der Waals surface area (Å²) in [5.74, 6) is -0.0646. The molecule has 0 spiro atoms. The minimum Gasteiger partial charge on any atom is -0.273 e. The van der Waals surface area contributed by atoms with Crippen LogP contribution in [0.5, 0.6) is 0 Å². The number of sulfonamides is 1. The van der Waals surface area contributed by atoms with Crippen LogP contribution in [-0.2, 0) is 14.8 Å². The van der Waals surface area contributed by atoms with Crippen LogP contribution in [0.15, 0.2) is 29.2 Å². The molecular weight excluding hydrogens is 366 g/mol. The zero-order valence-electron chi connectivity index (χ0n) is 16.0. The molecule has 1 aliphatic rings. The first kappa shape index (κ1) is 21.4. The van der Waals surface area contributed by atoms with Crippen molar-refractivity contribution in [2.75, 3.05) is 14.1 Å². The fourth-order valence-electron chi connectivity index (χ4n) is 3.30. The van der Waals surface area contributed by atoms with Crippen molar-refractivity contribution in [2.24, 2.45) is 5.92 Å². The first-order valence-electron chi connectivity index (χ1n) is 9.42. The molecule has 8 heteroatoms. The van der Waals surface area contributed by atoms with Crippen molar-refractivity contribution in [1.82, 2.24) is 15.2 Å². The van der Waals surface area contributed by atoms with Crippen molar-refractivity contribution in [3.05, 3.63) is 29.8 Å². The number of nitrogens with zero attached hydrogens (tertiary/aromatic N) is 1. The van der Waals surface area contributed by atoms with Gasteiger partial charge >= 0.3 is 0 Å². The number of rotatable bonds is 7. The summed E-state index contributed by atoms with van der Waals surface area (Å²) < 4.78 is 25.4. The molecule has 1 saturated carbocycles. The number of carbonyl (C=O) groups is 2. The third-order valence-corrected chi connectivity index (χ3v) is 6.74. The molecule has 1 aromatic carbocycles. The van der Waals surface area contributed by atoms with Gasteiger partial charge in [0.25, 0.3) is 5.91 Å². The first-order chi connectivity index (χ1) is 12.8. The largest absolute Gasteiger partial charge is 0.273 e. The molecule has 0 unspecified atom stereocenters. The average Bonchev–Trinajstić information content (AvgIpc) is 2.67. The molecule has 27 heavy (non-hydrogen) atoms. The second kappa shape index (κ2) is 9.85. The van der Waals surface area contributed by atoms with E-state index in [1.54, 1.807) is 0 Å². The van der Waals surface area contributed by atoms with Crippen LogP contribution in [0.1, 0.15) is 61.7 Å². The quantitative estimate of drug-likeness (QED) is 0.693. The minimum atomic E-state index is -3.62. The molecule has 2 N–H and O–H groups in total. The van der Waals surface area contributed by atoms with Crippen molar-refractivity contribution in [1.29, 1.82) is 0 Å². The Morgan fingerprint density at radius 1 is 1.11 bits per heavy atom. The number of benzene rings is 1. The molecule has 1 fully saturated rings. The fraction of sp³-hybridized carbons (Fsp3) is 0.579. The van der Waals surface area contributed by atoms with E-state index in [0.29, 0.717) is 6.42 Å². The van der Waals surface area contributed by atoms with Crippen molar-refractivity contribution in [2.45, 2.75) is 56.3 Å². The van der Waals surface area contributed by atoms with Crippen LogP contribution in [0.3, 0.4) is 0 Å². The molecule has 0 radical (unpaired) electrons. The lowest BCUT2D eigenvalue weighted by Crippen LogP contribution is -2.41. The molecule has 0 saturated heterocycles. The maximum absolute atomic E-state index is 12.2. The van der Waals surface area contributed by atoms with Gasteiger partial charge in [-0.2, -0.15) is 0 Å². The second-order valence-electron chi connectivity index (χ2n) is 7.21. The van der Waals surface area contributed by atoms with Crippen LogP contribution in [0.2, 0.25) is 0 Å². The Labute approximate surface area is 161 Å². The Morgan fingerprint density at radius 3 is 2.48 bits per heavy atom. The summed E-state index contributed by atoms with van der Waals surface area (Å²) in [6.07, 6.45) is 8.63. The van der Waals surface area contributed by atoms with Crippen LogP contribution < -0.4 is 10.9 Å². The van der Waals surface area contributed by atoms with Crippen LogP contribution in [0.4, 0.5) is 0 Å². The molecule has 2 amide bonds. The SMILES string of the molecule is CN(C)S(=O)(=O)c1cccc(C(=O)NNC(=O)CCCC2CCCCC2)c1. The van der Waals surface area contributed by atoms with Crippen LogP contribution in [0.25, 0.3) is 0 Å². The smallest absolute Gasteiger partial charge is 0.269 e. The summed E-state index contributed by atoms with van der Waals surface area (Å²) in [6, 6.07) is 5.71. The second-order valence-corrected chi connectivity index (χ2v) is 9.37. The first-order valence-corrected chi connectivity index (χ1v) is 10.9. The van der Waals surface area contributed by atoms with Gasteiger partial charge in [-0.15, -0.1) is 0 Å². The van der Waals surface area contributed by atoms with Gasteiger partial charge in [-0.3, -0.25) is 20.4 Å². The van der Waals surface area contributed by atoms with Gasteiger partial charge in [-0.05, 0) is 37.0 Å². The number of hydrogen-bond donors (Lipinski definition) is 2. The molecular formula is C19H29N3O4S. The van der Waals surface area contributed by atoms with Gasteiger partial charge in [0, 0.05) is 26.1 Å². The van der Waals surface area contributed by atoms with Gasteiger partial charge in [0.15, 0.2) is 0 Å². The molecule has 0 bridgehead atoms. The van der Waals surface area contributed by atoms with E-state index in [2.05, 4.69) is 10.9 Å². The van der Waals surface area contributed by atoms with Gasteiger partial charge in [-0.25, -0.2) is 12.7 Å². The molecule has 0 aliphatic heterocycles. The summed E-state index contributed by atoms with van der Waals surface area (Å²) in [7, 11) is -0.769. The van der Waals surface area contributed by atoms with Crippen LogP contribution in [0, 0.1) is 5.92 Å². The van der Waals surface area contributed by atoms with E-state index in [9.17, 15) is 18.0 Å². The van der Waals surface area contributed by atoms with Gasteiger partial charge in [0.1, 0.15) is 0 Å². The third kappa shape index (κ3) is 6.32. The van der Waals surface area contributed by atoms with Crippen LogP contribution >= 0.6 is 0 Å². The molecule has 1 aliphatic carbocycles. The zero-order valence-corrected chi connectivity index (χ0v) is 16.8. The van der Waals surface area contributed by atoms with E-state index < -0.39 is 15.9 Å². The lowest BCUT2D eigenvalue weighted by atomic mass is 9.86. The number of carbonyl (C=O) groups excluding carboxylic acids is 2. The predicted octanol–water partition coefficient (Wildman–Crippen LogP) is 2.45. The van der Waals surface area contributed by atoms with E-state index in [-0.39, 0.29) is 16.4 Å². The Bertz CT molecular complexity index is 756. The van der Waals surface area contributed by atoms with Crippen molar-refractivity contribution < 1.29 is 18.0 Å². The van der Waals surface area contributed by atoms with E-state index in [1.807, 2.05) is 0 Å². The molecule has 1 aromatic rings. The highest BCUT2D eigenvalue weighted by Crippen LogP contribution is 2.27. The van der Waals surface area contributed by atoms with E-state index in [0.717, 1.165) is 23.1 Å². The molecule has 7 nitrogen and oxygen atoms in total. The number of amides is 2. The highest BCUT2D eigenvalue weighted by atomic mass is 32.2. The molecule has 0 heterocycles. The molecule has 2 rings (SSSR count). The Morgan fingerprint density at radius 2 is 1.81 bits per heavy atom.